The highest BCUT2D eigenvalue weighted by Crippen LogP contribution is 2.19. The van der Waals surface area contributed by atoms with E-state index in [4.69, 9.17) is 14.7 Å². The lowest BCUT2D eigenvalue weighted by atomic mass is 10.1. The summed E-state index contributed by atoms with van der Waals surface area (Å²) in [5.74, 6) is 0. The first-order valence-electron chi connectivity index (χ1n) is 6.41. The van der Waals surface area contributed by atoms with Crippen LogP contribution in [0.25, 0.3) is 10.9 Å². The van der Waals surface area contributed by atoms with E-state index in [2.05, 4.69) is 10.6 Å². The minimum absolute atomic E-state index is 0.637. The molecular formula is C15H18N2O2. The van der Waals surface area contributed by atoms with Gasteiger partial charge in [-0.05, 0) is 24.6 Å². The maximum atomic E-state index is 9.05. The molecule has 4 heteroatoms. The first kappa shape index (κ1) is 13.6. The molecule has 0 aliphatic carbocycles. The average Bonchev–Trinajstić information content (AvgIpc) is 2.86. The van der Waals surface area contributed by atoms with Crippen molar-refractivity contribution >= 4 is 10.9 Å². The highest BCUT2D eigenvalue weighted by atomic mass is 16.5. The molecule has 0 N–H and O–H groups in total. The number of aryl methyl sites for hydroxylation is 1. The zero-order valence-electron chi connectivity index (χ0n) is 11.1. The minimum Gasteiger partial charge on any atom is -0.382 e. The van der Waals surface area contributed by atoms with Crippen LogP contribution in [0.1, 0.15) is 12.0 Å². The van der Waals surface area contributed by atoms with Crippen molar-refractivity contribution in [3.63, 3.8) is 0 Å². The van der Waals surface area contributed by atoms with Crippen LogP contribution in [0.3, 0.4) is 0 Å². The smallest absolute Gasteiger partial charge is 0.0998 e. The fourth-order valence-electron chi connectivity index (χ4n) is 2.10. The highest BCUT2D eigenvalue weighted by Gasteiger charge is 2.04. The number of nitrogens with zero attached hydrogens (tertiary/aromatic N) is 2. The van der Waals surface area contributed by atoms with E-state index in [-0.39, 0.29) is 0 Å². The number of benzene rings is 1. The largest absolute Gasteiger partial charge is 0.382 e. The molecule has 0 saturated heterocycles. The topological polar surface area (TPSA) is 47.2 Å². The van der Waals surface area contributed by atoms with Crippen LogP contribution in [-0.2, 0) is 16.0 Å². The van der Waals surface area contributed by atoms with Gasteiger partial charge in [-0.3, -0.25) is 0 Å². The van der Waals surface area contributed by atoms with Crippen molar-refractivity contribution in [3.8, 4) is 6.07 Å². The SMILES string of the molecule is COCCOCCCn1ccc2c(C#N)cccc21. The second-order valence-corrected chi connectivity index (χ2v) is 4.32. The molecule has 0 saturated carbocycles. The molecule has 1 aromatic carbocycles. The van der Waals surface area contributed by atoms with Gasteiger partial charge in [-0.25, -0.2) is 0 Å². The van der Waals surface area contributed by atoms with E-state index < -0.39 is 0 Å². The summed E-state index contributed by atoms with van der Waals surface area (Å²) in [6, 6.07) is 10.0. The lowest BCUT2D eigenvalue weighted by Crippen LogP contribution is -2.05. The molecule has 0 atom stereocenters. The fraction of sp³-hybridized carbons (Fsp3) is 0.400. The van der Waals surface area contributed by atoms with Crippen molar-refractivity contribution in [3.05, 3.63) is 36.0 Å². The van der Waals surface area contributed by atoms with Gasteiger partial charge in [-0.1, -0.05) is 6.07 Å². The number of methoxy groups -OCH3 is 1. The van der Waals surface area contributed by atoms with Gasteiger partial charge in [-0.2, -0.15) is 5.26 Å². The summed E-state index contributed by atoms with van der Waals surface area (Å²) in [6.45, 7) is 2.89. The second kappa shape index (κ2) is 6.93. The van der Waals surface area contributed by atoms with E-state index >= 15 is 0 Å². The Labute approximate surface area is 113 Å². The summed E-state index contributed by atoms with van der Waals surface area (Å²) in [7, 11) is 1.67. The molecule has 19 heavy (non-hydrogen) atoms. The van der Waals surface area contributed by atoms with Gasteiger partial charge in [0.25, 0.3) is 0 Å². The lowest BCUT2D eigenvalue weighted by molar-refractivity contribution is 0.0681. The van der Waals surface area contributed by atoms with Gasteiger partial charge in [0, 0.05) is 37.4 Å². The Morgan fingerprint density at radius 1 is 1.21 bits per heavy atom. The van der Waals surface area contributed by atoms with Crippen molar-refractivity contribution in [1.82, 2.24) is 4.57 Å². The molecule has 0 fully saturated rings. The molecule has 2 aromatic rings. The van der Waals surface area contributed by atoms with Crippen LogP contribution in [0.4, 0.5) is 0 Å². The Balaban J connectivity index is 1.93. The first-order valence-corrected chi connectivity index (χ1v) is 6.41. The van der Waals surface area contributed by atoms with E-state index in [1.165, 1.54) is 0 Å². The minimum atomic E-state index is 0.637. The van der Waals surface area contributed by atoms with Crippen molar-refractivity contribution in [2.24, 2.45) is 0 Å². The number of nitriles is 1. The van der Waals surface area contributed by atoms with Crippen molar-refractivity contribution in [2.45, 2.75) is 13.0 Å². The predicted molar refractivity (Wildman–Crippen MR) is 74.0 cm³/mol. The van der Waals surface area contributed by atoms with Gasteiger partial charge in [-0.15, -0.1) is 0 Å². The fourth-order valence-corrected chi connectivity index (χ4v) is 2.10. The lowest BCUT2D eigenvalue weighted by Gasteiger charge is -2.06. The molecule has 4 nitrogen and oxygen atoms in total. The summed E-state index contributed by atoms with van der Waals surface area (Å²) in [6.07, 6.45) is 2.98. The monoisotopic (exact) mass is 258 g/mol. The van der Waals surface area contributed by atoms with Crippen LogP contribution in [-0.4, -0.2) is 31.5 Å². The number of hydrogen-bond acceptors (Lipinski definition) is 3. The quantitative estimate of drug-likeness (QED) is 0.717. The third-order valence-electron chi connectivity index (χ3n) is 3.05. The van der Waals surface area contributed by atoms with Crippen LogP contribution in [0.2, 0.25) is 0 Å². The maximum absolute atomic E-state index is 9.05. The highest BCUT2D eigenvalue weighted by molar-refractivity contribution is 5.85. The molecule has 0 unspecified atom stereocenters. The maximum Gasteiger partial charge on any atom is 0.0998 e. The van der Waals surface area contributed by atoms with Gasteiger partial charge in [0.2, 0.25) is 0 Å². The Morgan fingerprint density at radius 2 is 2.11 bits per heavy atom. The van der Waals surface area contributed by atoms with Crippen LogP contribution in [0.15, 0.2) is 30.5 Å². The van der Waals surface area contributed by atoms with Crippen LogP contribution in [0.5, 0.6) is 0 Å². The molecule has 0 radical (unpaired) electrons. The molecule has 1 aromatic heterocycles. The van der Waals surface area contributed by atoms with Gasteiger partial charge < -0.3 is 14.0 Å². The first-order chi connectivity index (χ1) is 9.36. The molecule has 0 aliphatic heterocycles. The second-order valence-electron chi connectivity index (χ2n) is 4.32. The Hall–Kier alpha value is -1.83. The van der Waals surface area contributed by atoms with Crippen molar-refractivity contribution in [2.75, 3.05) is 26.9 Å². The third kappa shape index (κ3) is 3.34. The molecule has 100 valence electrons. The Bertz CT molecular complexity index is 569. The number of aromatic nitrogens is 1. The molecule has 0 amide bonds. The molecule has 0 bridgehead atoms. The molecule has 1 heterocycles. The Kier molecular flexibility index (Phi) is 4.96. The number of ether oxygens (including phenoxy) is 2. The van der Waals surface area contributed by atoms with Gasteiger partial charge in [0.1, 0.15) is 0 Å². The van der Waals surface area contributed by atoms with Crippen molar-refractivity contribution in [1.29, 1.82) is 5.26 Å². The summed E-state index contributed by atoms with van der Waals surface area (Å²) in [5.41, 5.74) is 1.84. The summed E-state index contributed by atoms with van der Waals surface area (Å²) in [4.78, 5) is 0. The predicted octanol–water partition coefficient (Wildman–Crippen LogP) is 2.57. The number of hydrogen-bond donors (Lipinski definition) is 0. The average molecular weight is 258 g/mol. The van der Waals surface area contributed by atoms with Crippen LogP contribution in [0, 0.1) is 11.3 Å². The zero-order chi connectivity index (χ0) is 13.5. The molecular weight excluding hydrogens is 240 g/mol. The van der Waals surface area contributed by atoms with E-state index in [0.29, 0.717) is 13.2 Å². The van der Waals surface area contributed by atoms with Crippen LogP contribution >= 0.6 is 0 Å². The number of rotatable bonds is 7. The normalized spacial score (nSPS) is 10.7. The van der Waals surface area contributed by atoms with Crippen LogP contribution < -0.4 is 0 Å². The van der Waals surface area contributed by atoms with E-state index in [0.717, 1.165) is 36.0 Å². The van der Waals surface area contributed by atoms with E-state index in [1.54, 1.807) is 7.11 Å². The van der Waals surface area contributed by atoms with Gasteiger partial charge in [0.05, 0.1) is 24.8 Å². The molecule has 0 aliphatic rings. The standard InChI is InChI=1S/C15H18N2O2/c1-18-10-11-19-9-3-7-17-8-6-14-13(12-16)4-2-5-15(14)17/h2,4-6,8H,3,7,9-11H2,1H3. The molecule has 2 rings (SSSR count). The summed E-state index contributed by atoms with van der Waals surface area (Å²) < 4.78 is 12.5. The molecule has 0 spiro atoms. The summed E-state index contributed by atoms with van der Waals surface area (Å²) in [5, 5.41) is 10.1. The zero-order valence-corrected chi connectivity index (χ0v) is 11.1. The van der Waals surface area contributed by atoms with E-state index in [1.807, 2.05) is 30.5 Å². The van der Waals surface area contributed by atoms with E-state index in [9.17, 15) is 0 Å². The summed E-state index contributed by atoms with van der Waals surface area (Å²) >= 11 is 0. The Morgan fingerprint density at radius 3 is 2.89 bits per heavy atom. The van der Waals surface area contributed by atoms with Crippen molar-refractivity contribution < 1.29 is 9.47 Å². The number of fused-ring (bicyclic) bond motifs is 1. The van der Waals surface area contributed by atoms with Gasteiger partial charge >= 0.3 is 0 Å². The van der Waals surface area contributed by atoms with Gasteiger partial charge in [0.15, 0.2) is 0 Å². The third-order valence-corrected chi connectivity index (χ3v) is 3.05.